The highest BCUT2D eigenvalue weighted by Crippen LogP contribution is 2.57. The summed E-state index contributed by atoms with van der Waals surface area (Å²) in [5, 5.41) is 0. The van der Waals surface area contributed by atoms with E-state index in [-0.39, 0.29) is 5.60 Å². The lowest BCUT2D eigenvalue weighted by molar-refractivity contribution is -0.182. The molecular formula is C13H18NO3. The molecule has 4 fully saturated rings. The van der Waals surface area contributed by atoms with Gasteiger partial charge in [0.25, 0.3) is 0 Å². The van der Waals surface area contributed by atoms with Gasteiger partial charge >= 0.3 is 5.97 Å². The first-order valence-electron chi connectivity index (χ1n) is 6.42. The van der Waals surface area contributed by atoms with E-state index in [1.807, 2.05) is 0 Å². The summed E-state index contributed by atoms with van der Waals surface area (Å²) < 4.78 is 5.57. The third-order valence-electron chi connectivity index (χ3n) is 4.56. The summed E-state index contributed by atoms with van der Waals surface area (Å²) in [5.41, 5.74) is 4.69. The minimum atomic E-state index is -0.722. The molecule has 4 heteroatoms. The summed E-state index contributed by atoms with van der Waals surface area (Å²) in [7, 11) is 0. The van der Waals surface area contributed by atoms with E-state index in [9.17, 15) is 9.59 Å². The van der Waals surface area contributed by atoms with Crippen molar-refractivity contribution in [2.24, 2.45) is 23.5 Å². The van der Waals surface area contributed by atoms with Gasteiger partial charge in [-0.25, -0.2) is 0 Å². The summed E-state index contributed by atoms with van der Waals surface area (Å²) in [6.07, 6.45) is 7.72. The third kappa shape index (κ3) is 2.05. The highest BCUT2D eigenvalue weighted by molar-refractivity contribution is 6.05. The van der Waals surface area contributed by atoms with Gasteiger partial charge in [-0.2, -0.15) is 0 Å². The number of carbonyl (C=O) groups excluding carboxylic acids is 2. The lowest BCUT2D eigenvalue weighted by Crippen LogP contribution is -2.53. The van der Waals surface area contributed by atoms with E-state index in [0.717, 1.165) is 43.4 Å². The van der Waals surface area contributed by atoms with Crippen LogP contribution in [0.25, 0.3) is 0 Å². The van der Waals surface area contributed by atoms with Crippen molar-refractivity contribution in [3.05, 3.63) is 6.42 Å². The molecule has 0 saturated heterocycles. The van der Waals surface area contributed by atoms with Crippen LogP contribution in [0.4, 0.5) is 0 Å². The van der Waals surface area contributed by atoms with Gasteiger partial charge in [0, 0.05) is 0 Å². The van der Waals surface area contributed by atoms with Gasteiger partial charge in [-0.15, -0.1) is 0 Å². The standard InChI is InChI=1S/C13H18NO3/c14-11(15)4-12(16)17-13-5-8-1-9(6-13)3-10(2-8)7-13/h4,8-10H,1-3,5-7H2,(H2,14,15). The summed E-state index contributed by atoms with van der Waals surface area (Å²) in [5.74, 6) is 0.895. The fourth-order valence-electron chi connectivity index (χ4n) is 4.52. The van der Waals surface area contributed by atoms with Gasteiger partial charge in [0.2, 0.25) is 5.91 Å². The number of esters is 1. The van der Waals surface area contributed by atoms with Crippen LogP contribution in [0, 0.1) is 24.2 Å². The van der Waals surface area contributed by atoms with Crippen LogP contribution in [0.2, 0.25) is 0 Å². The van der Waals surface area contributed by atoms with E-state index >= 15 is 0 Å². The average Bonchev–Trinajstić information content (AvgIpc) is 2.11. The second-order valence-electron chi connectivity index (χ2n) is 6.07. The quantitative estimate of drug-likeness (QED) is 0.591. The van der Waals surface area contributed by atoms with Crippen molar-refractivity contribution in [1.29, 1.82) is 0 Å². The number of amides is 1. The second kappa shape index (κ2) is 3.72. The van der Waals surface area contributed by atoms with Crippen molar-refractivity contribution in [3.8, 4) is 0 Å². The first-order valence-corrected chi connectivity index (χ1v) is 6.42. The molecule has 17 heavy (non-hydrogen) atoms. The summed E-state index contributed by atoms with van der Waals surface area (Å²) >= 11 is 0. The maximum Gasteiger partial charge on any atom is 0.320 e. The molecule has 1 amide bonds. The zero-order chi connectivity index (χ0) is 12.0. The number of nitrogens with two attached hydrogens (primary N) is 1. The van der Waals surface area contributed by atoms with Crippen LogP contribution in [-0.2, 0) is 14.3 Å². The first-order chi connectivity index (χ1) is 8.05. The van der Waals surface area contributed by atoms with Gasteiger partial charge in [-0.05, 0) is 56.3 Å². The van der Waals surface area contributed by atoms with Gasteiger partial charge in [-0.1, -0.05) is 0 Å². The lowest BCUT2D eigenvalue weighted by atomic mass is 9.54. The highest BCUT2D eigenvalue weighted by atomic mass is 16.6. The van der Waals surface area contributed by atoms with Crippen molar-refractivity contribution in [1.82, 2.24) is 0 Å². The molecule has 4 bridgehead atoms. The van der Waals surface area contributed by atoms with Gasteiger partial charge in [0.15, 0.2) is 6.42 Å². The monoisotopic (exact) mass is 236 g/mol. The van der Waals surface area contributed by atoms with Gasteiger partial charge in [0.05, 0.1) is 0 Å². The summed E-state index contributed by atoms with van der Waals surface area (Å²) in [6.45, 7) is 0. The molecule has 0 aromatic heterocycles. The molecule has 4 rings (SSSR count). The Morgan fingerprint density at radius 3 is 1.94 bits per heavy atom. The molecule has 0 heterocycles. The molecule has 0 aromatic carbocycles. The Labute approximate surface area is 101 Å². The lowest BCUT2D eigenvalue weighted by Gasteiger charge is -2.55. The predicted octanol–water partition coefficient (Wildman–Crippen LogP) is 1.19. The van der Waals surface area contributed by atoms with Crippen molar-refractivity contribution in [3.63, 3.8) is 0 Å². The maximum atomic E-state index is 11.6. The number of primary amides is 1. The molecule has 0 aliphatic heterocycles. The molecule has 4 aliphatic carbocycles. The van der Waals surface area contributed by atoms with Gasteiger partial charge in [0.1, 0.15) is 5.60 Å². The van der Waals surface area contributed by atoms with Crippen LogP contribution in [0.15, 0.2) is 0 Å². The Morgan fingerprint density at radius 1 is 1.06 bits per heavy atom. The minimum absolute atomic E-state index is 0.280. The van der Waals surface area contributed by atoms with E-state index < -0.39 is 11.9 Å². The maximum absolute atomic E-state index is 11.6. The zero-order valence-corrected chi connectivity index (χ0v) is 9.85. The summed E-state index contributed by atoms with van der Waals surface area (Å²) in [6, 6.07) is 0. The van der Waals surface area contributed by atoms with E-state index in [2.05, 4.69) is 0 Å². The predicted molar refractivity (Wildman–Crippen MR) is 60.5 cm³/mol. The van der Waals surface area contributed by atoms with Crippen LogP contribution >= 0.6 is 0 Å². The molecule has 2 N–H and O–H groups in total. The Hall–Kier alpha value is -1.06. The Kier molecular flexibility index (Phi) is 2.42. The fourth-order valence-corrected chi connectivity index (χ4v) is 4.52. The number of hydrogen-bond donors (Lipinski definition) is 1. The molecule has 1 radical (unpaired) electrons. The average molecular weight is 236 g/mol. The Balaban J connectivity index is 1.70. The van der Waals surface area contributed by atoms with E-state index in [1.54, 1.807) is 0 Å². The van der Waals surface area contributed by atoms with Crippen molar-refractivity contribution in [2.75, 3.05) is 0 Å². The molecule has 0 atom stereocenters. The normalized spacial score (nSPS) is 42.5. The SMILES string of the molecule is NC(=O)[CH]C(=O)OC12CC3CC(CC(C3)C1)C2. The van der Waals surface area contributed by atoms with E-state index in [1.165, 1.54) is 19.3 Å². The minimum Gasteiger partial charge on any atom is -0.458 e. The number of hydrogen-bond acceptors (Lipinski definition) is 3. The van der Waals surface area contributed by atoms with Crippen molar-refractivity contribution < 1.29 is 14.3 Å². The van der Waals surface area contributed by atoms with Gasteiger partial charge < -0.3 is 10.5 Å². The molecule has 4 aliphatic rings. The molecule has 0 spiro atoms. The molecule has 0 unspecified atom stereocenters. The van der Waals surface area contributed by atoms with Crippen LogP contribution in [0.3, 0.4) is 0 Å². The third-order valence-corrected chi connectivity index (χ3v) is 4.56. The smallest absolute Gasteiger partial charge is 0.320 e. The van der Waals surface area contributed by atoms with Crippen LogP contribution in [0.5, 0.6) is 0 Å². The van der Waals surface area contributed by atoms with E-state index in [4.69, 9.17) is 10.5 Å². The molecule has 4 saturated carbocycles. The topological polar surface area (TPSA) is 69.4 Å². The zero-order valence-electron chi connectivity index (χ0n) is 9.85. The van der Waals surface area contributed by atoms with Crippen molar-refractivity contribution in [2.45, 2.75) is 44.1 Å². The fraction of sp³-hybridized carbons (Fsp3) is 0.769. The molecule has 4 nitrogen and oxygen atoms in total. The van der Waals surface area contributed by atoms with Gasteiger partial charge in [-0.3, -0.25) is 9.59 Å². The molecule has 0 aromatic rings. The van der Waals surface area contributed by atoms with Crippen LogP contribution in [-0.4, -0.2) is 17.5 Å². The number of ether oxygens (including phenoxy) is 1. The largest absolute Gasteiger partial charge is 0.458 e. The number of rotatable bonds is 3. The molecular weight excluding hydrogens is 218 g/mol. The second-order valence-corrected chi connectivity index (χ2v) is 6.07. The van der Waals surface area contributed by atoms with Crippen LogP contribution < -0.4 is 5.73 Å². The van der Waals surface area contributed by atoms with Crippen molar-refractivity contribution >= 4 is 11.9 Å². The highest BCUT2D eigenvalue weighted by Gasteiger charge is 2.53. The Bertz CT molecular complexity index is 328. The number of carbonyl (C=O) groups is 2. The van der Waals surface area contributed by atoms with E-state index in [0.29, 0.717) is 0 Å². The Morgan fingerprint density at radius 2 is 1.53 bits per heavy atom. The first kappa shape index (κ1) is 11.1. The summed E-state index contributed by atoms with van der Waals surface area (Å²) in [4.78, 5) is 22.2. The van der Waals surface area contributed by atoms with Crippen LogP contribution in [0.1, 0.15) is 38.5 Å². The molecule has 93 valence electrons.